The number of benzene rings is 1. The van der Waals surface area contributed by atoms with Crippen molar-refractivity contribution < 1.29 is 19.1 Å². The lowest BCUT2D eigenvalue weighted by molar-refractivity contribution is -0.121. The average Bonchev–Trinajstić information content (AvgIpc) is 3.37. The van der Waals surface area contributed by atoms with Crippen molar-refractivity contribution in [1.29, 1.82) is 5.26 Å². The summed E-state index contributed by atoms with van der Waals surface area (Å²) in [6.45, 7) is 10.5. The van der Waals surface area contributed by atoms with Gasteiger partial charge in [0, 0.05) is 55.7 Å². The number of anilines is 1. The van der Waals surface area contributed by atoms with E-state index in [2.05, 4.69) is 15.5 Å². The number of amides is 3. The van der Waals surface area contributed by atoms with Crippen LogP contribution in [0.15, 0.2) is 29.6 Å². The van der Waals surface area contributed by atoms with Crippen molar-refractivity contribution in [3.63, 3.8) is 0 Å². The molecule has 1 saturated heterocycles. The number of carbonyl (C=O) groups is 3. The maximum absolute atomic E-state index is 12.5. The number of piperazine rings is 1. The number of hydrogen-bond donors (Lipinski definition) is 2. The van der Waals surface area contributed by atoms with Gasteiger partial charge in [-0.15, -0.1) is 11.3 Å². The average molecular weight is 541 g/mol. The maximum atomic E-state index is 12.5. The molecule has 0 bridgehead atoms. The van der Waals surface area contributed by atoms with Crippen molar-refractivity contribution in [2.24, 2.45) is 5.92 Å². The first-order valence-corrected chi connectivity index (χ1v) is 13.6. The smallest absolute Gasteiger partial charge is 0.410 e. The molecule has 0 saturated carbocycles. The van der Waals surface area contributed by atoms with Crippen LogP contribution in [-0.2, 0) is 9.53 Å². The number of nitrogens with one attached hydrogen (secondary N) is 2. The van der Waals surface area contributed by atoms with Gasteiger partial charge in [0.1, 0.15) is 12.1 Å². The van der Waals surface area contributed by atoms with Crippen LogP contribution in [0, 0.1) is 17.2 Å². The summed E-state index contributed by atoms with van der Waals surface area (Å²) in [6, 6.07) is 9.21. The topological polar surface area (TPSA) is 128 Å². The molecular weight excluding hydrogens is 504 g/mol. The molecule has 1 fully saturated rings. The molecule has 0 aliphatic carbocycles. The van der Waals surface area contributed by atoms with E-state index in [-0.39, 0.29) is 30.4 Å². The fourth-order valence-electron chi connectivity index (χ4n) is 3.90. The lowest BCUT2D eigenvalue weighted by atomic mass is 10.0. The molecule has 11 heteroatoms. The van der Waals surface area contributed by atoms with Gasteiger partial charge in [-0.25, -0.2) is 9.78 Å². The van der Waals surface area contributed by atoms with Crippen molar-refractivity contribution in [2.75, 3.05) is 44.2 Å². The van der Waals surface area contributed by atoms with Crippen molar-refractivity contribution in [3.05, 3.63) is 35.2 Å². The van der Waals surface area contributed by atoms with Crippen LogP contribution in [0.4, 0.5) is 9.93 Å². The number of hydrogen-bond acceptors (Lipinski definition) is 8. The van der Waals surface area contributed by atoms with Crippen LogP contribution in [0.25, 0.3) is 11.3 Å². The van der Waals surface area contributed by atoms with E-state index in [0.29, 0.717) is 51.1 Å². The zero-order chi connectivity index (χ0) is 27.7. The summed E-state index contributed by atoms with van der Waals surface area (Å²) in [5.41, 5.74) is 1.82. The van der Waals surface area contributed by atoms with Crippen molar-refractivity contribution in [1.82, 2.24) is 20.5 Å². The van der Waals surface area contributed by atoms with Gasteiger partial charge >= 0.3 is 6.09 Å². The molecule has 2 aromatic rings. The van der Waals surface area contributed by atoms with Crippen LogP contribution >= 0.6 is 11.3 Å². The standard InChI is InChI=1S/C27H36N6O4S/c1-19(17-23(34)29-12-10-28)9-11-30-24(35)21-7-5-20(6-8-21)22-18-38-25(31-22)32-13-15-33(16-14-32)26(36)37-27(2,3)4/h5-8,18-19H,9,11-17H2,1-4H3,(H,29,34)(H,30,35). The molecule has 3 rings (SSSR count). The fraction of sp³-hybridized carbons (Fsp3) is 0.519. The highest BCUT2D eigenvalue weighted by Gasteiger charge is 2.27. The second-order valence-corrected chi connectivity index (χ2v) is 11.2. The van der Waals surface area contributed by atoms with E-state index in [0.717, 1.165) is 16.4 Å². The zero-order valence-corrected chi connectivity index (χ0v) is 23.3. The highest BCUT2D eigenvalue weighted by molar-refractivity contribution is 7.14. The predicted octanol–water partition coefficient (Wildman–Crippen LogP) is 3.65. The van der Waals surface area contributed by atoms with Gasteiger partial charge in [-0.1, -0.05) is 19.1 Å². The van der Waals surface area contributed by atoms with E-state index in [9.17, 15) is 14.4 Å². The summed E-state index contributed by atoms with van der Waals surface area (Å²) in [5, 5.41) is 16.8. The third kappa shape index (κ3) is 8.73. The number of carbonyl (C=O) groups excluding carboxylic acids is 3. The summed E-state index contributed by atoms with van der Waals surface area (Å²) in [5.74, 6) is -0.232. The van der Waals surface area contributed by atoms with Crippen LogP contribution in [0.1, 0.15) is 50.9 Å². The fourth-order valence-corrected chi connectivity index (χ4v) is 4.79. The first kappa shape index (κ1) is 28.9. The summed E-state index contributed by atoms with van der Waals surface area (Å²) in [6.07, 6.45) is 0.702. The van der Waals surface area contributed by atoms with Crippen molar-refractivity contribution in [3.8, 4) is 17.3 Å². The Labute approximate surface area is 228 Å². The molecule has 10 nitrogen and oxygen atoms in total. The van der Waals surface area contributed by atoms with Crippen LogP contribution in [0.2, 0.25) is 0 Å². The Morgan fingerprint density at radius 1 is 1.13 bits per heavy atom. The minimum Gasteiger partial charge on any atom is -0.444 e. The molecule has 204 valence electrons. The van der Waals surface area contributed by atoms with Gasteiger partial charge in [-0.05, 0) is 45.2 Å². The molecule has 1 unspecified atom stereocenters. The van der Waals surface area contributed by atoms with Gasteiger partial charge in [0.2, 0.25) is 5.91 Å². The van der Waals surface area contributed by atoms with Gasteiger partial charge in [-0.3, -0.25) is 9.59 Å². The molecule has 38 heavy (non-hydrogen) atoms. The van der Waals surface area contributed by atoms with Crippen LogP contribution in [-0.4, -0.2) is 72.7 Å². The Morgan fingerprint density at radius 3 is 2.45 bits per heavy atom. The maximum Gasteiger partial charge on any atom is 0.410 e. The summed E-state index contributed by atoms with van der Waals surface area (Å²) in [7, 11) is 0. The lowest BCUT2D eigenvalue weighted by Gasteiger charge is -2.35. The molecule has 1 aromatic carbocycles. The van der Waals surface area contributed by atoms with E-state index in [1.54, 1.807) is 28.4 Å². The molecule has 1 atom stereocenters. The van der Waals surface area contributed by atoms with E-state index in [4.69, 9.17) is 15.0 Å². The Kier molecular flexibility index (Phi) is 10.1. The van der Waals surface area contributed by atoms with Gasteiger partial charge in [0.15, 0.2) is 5.13 Å². The van der Waals surface area contributed by atoms with E-state index < -0.39 is 5.60 Å². The molecule has 1 aliphatic heterocycles. The Hall–Kier alpha value is -3.65. The minimum atomic E-state index is -0.508. The first-order chi connectivity index (χ1) is 18.1. The number of nitrogens with zero attached hydrogens (tertiary/aromatic N) is 4. The van der Waals surface area contributed by atoms with Gasteiger partial charge in [0.25, 0.3) is 5.91 Å². The van der Waals surface area contributed by atoms with E-state index in [1.165, 1.54) is 0 Å². The van der Waals surface area contributed by atoms with Gasteiger partial charge in [-0.2, -0.15) is 5.26 Å². The van der Waals surface area contributed by atoms with Crippen LogP contribution in [0.5, 0.6) is 0 Å². The van der Waals surface area contributed by atoms with E-state index >= 15 is 0 Å². The third-order valence-corrected chi connectivity index (χ3v) is 6.86. The minimum absolute atomic E-state index is 0.00729. The quantitative estimate of drug-likeness (QED) is 0.465. The predicted molar refractivity (Wildman–Crippen MR) is 147 cm³/mol. The third-order valence-electron chi connectivity index (χ3n) is 5.96. The molecule has 0 radical (unpaired) electrons. The Bertz CT molecular complexity index is 1140. The molecule has 0 spiro atoms. The molecular formula is C27H36N6O4S. The van der Waals surface area contributed by atoms with Crippen molar-refractivity contribution in [2.45, 2.75) is 46.1 Å². The van der Waals surface area contributed by atoms with Gasteiger partial charge in [0.05, 0.1) is 11.8 Å². The zero-order valence-electron chi connectivity index (χ0n) is 22.5. The highest BCUT2D eigenvalue weighted by atomic mass is 32.1. The van der Waals surface area contributed by atoms with Crippen LogP contribution < -0.4 is 15.5 Å². The molecule has 2 heterocycles. The number of ether oxygens (including phenoxy) is 1. The van der Waals surface area contributed by atoms with E-state index in [1.807, 2.05) is 51.3 Å². The Balaban J connectivity index is 1.46. The molecule has 2 N–H and O–H groups in total. The first-order valence-electron chi connectivity index (χ1n) is 12.8. The summed E-state index contributed by atoms with van der Waals surface area (Å²) < 4.78 is 5.47. The summed E-state index contributed by atoms with van der Waals surface area (Å²) in [4.78, 5) is 45.2. The second kappa shape index (κ2) is 13.2. The molecule has 1 aromatic heterocycles. The number of aromatic nitrogens is 1. The lowest BCUT2D eigenvalue weighted by Crippen LogP contribution is -2.50. The van der Waals surface area contributed by atoms with Gasteiger partial charge < -0.3 is 25.2 Å². The SMILES string of the molecule is CC(CCNC(=O)c1ccc(-c2csc(N3CCN(C(=O)OC(C)(C)C)CC3)n2)cc1)CC(=O)NCC#N. The monoisotopic (exact) mass is 540 g/mol. The summed E-state index contributed by atoms with van der Waals surface area (Å²) >= 11 is 1.56. The highest BCUT2D eigenvalue weighted by Crippen LogP contribution is 2.28. The number of rotatable bonds is 9. The number of nitriles is 1. The molecule has 3 amide bonds. The molecule has 1 aliphatic rings. The largest absolute Gasteiger partial charge is 0.444 e. The van der Waals surface area contributed by atoms with Crippen LogP contribution in [0.3, 0.4) is 0 Å². The Morgan fingerprint density at radius 2 is 1.82 bits per heavy atom. The normalized spacial score (nSPS) is 14.4. The second-order valence-electron chi connectivity index (χ2n) is 10.3. The van der Waals surface area contributed by atoms with Crippen molar-refractivity contribution >= 4 is 34.4 Å². The number of thiazole rings is 1.